The van der Waals surface area contributed by atoms with Crippen LogP contribution in [0.25, 0.3) is 0 Å². The number of oxime groups is 1. The van der Waals surface area contributed by atoms with Gasteiger partial charge in [-0.1, -0.05) is 28.4 Å². The molecule has 5 nitrogen and oxygen atoms in total. The Labute approximate surface area is 146 Å². The molecule has 0 fully saturated rings. The zero-order valence-electron chi connectivity index (χ0n) is 11.5. The van der Waals surface area contributed by atoms with Crippen molar-refractivity contribution in [3.8, 4) is 0 Å². The van der Waals surface area contributed by atoms with Gasteiger partial charge in [0.2, 0.25) is 0 Å². The molecule has 0 spiro atoms. The molecule has 3 rings (SSSR count). The van der Waals surface area contributed by atoms with Gasteiger partial charge in [-0.15, -0.1) is 11.3 Å². The van der Waals surface area contributed by atoms with Gasteiger partial charge < -0.3 is 4.84 Å². The van der Waals surface area contributed by atoms with E-state index in [4.69, 9.17) is 28.0 Å². The Balaban J connectivity index is 1.85. The fourth-order valence-corrected chi connectivity index (χ4v) is 5.40. The number of benzene rings is 1. The first-order valence-corrected chi connectivity index (χ1v) is 9.71. The van der Waals surface area contributed by atoms with E-state index >= 15 is 0 Å². The van der Waals surface area contributed by atoms with Gasteiger partial charge in [-0.2, -0.15) is 0 Å². The Morgan fingerprint density at radius 3 is 2.78 bits per heavy atom. The maximum atomic E-state index is 12.0. The lowest BCUT2D eigenvalue weighted by Gasteiger charge is -2.13. The summed E-state index contributed by atoms with van der Waals surface area (Å²) >= 11 is 12.8. The summed E-state index contributed by atoms with van der Waals surface area (Å²) in [4.78, 5) is 16.9. The molecule has 0 radical (unpaired) electrons. The number of fused-ring (bicyclic) bond motifs is 1. The molecule has 120 valence electrons. The smallest absolute Gasteiger partial charge is 0.312 e. The van der Waals surface area contributed by atoms with Crippen LogP contribution in [0.4, 0.5) is 0 Å². The molecular weight excluding hydrogens is 381 g/mol. The van der Waals surface area contributed by atoms with Crippen LogP contribution in [0.3, 0.4) is 0 Å². The summed E-state index contributed by atoms with van der Waals surface area (Å²) in [6, 6.07) is 6.03. The monoisotopic (exact) mass is 389 g/mol. The van der Waals surface area contributed by atoms with E-state index in [9.17, 15) is 13.2 Å². The second kappa shape index (κ2) is 6.24. The molecule has 2 aromatic rings. The van der Waals surface area contributed by atoms with Crippen molar-refractivity contribution in [1.29, 1.82) is 0 Å². The number of hydrogen-bond acceptors (Lipinski definition) is 6. The highest BCUT2D eigenvalue weighted by molar-refractivity contribution is 7.93. The molecule has 23 heavy (non-hydrogen) atoms. The van der Waals surface area contributed by atoms with Gasteiger partial charge in [0.25, 0.3) is 0 Å². The quantitative estimate of drug-likeness (QED) is 0.578. The minimum atomic E-state index is -3.27. The van der Waals surface area contributed by atoms with Crippen LogP contribution in [0.5, 0.6) is 0 Å². The van der Waals surface area contributed by atoms with Crippen LogP contribution in [0.2, 0.25) is 10.0 Å². The topological polar surface area (TPSA) is 72.8 Å². The third kappa shape index (κ3) is 3.28. The molecule has 0 amide bonds. The molecule has 0 unspecified atom stereocenters. The summed E-state index contributed by atoms with van der Waals surface area (Å²) < 4.78 is 24.1. The predicted octanol–water partition coefficient (Wildman–Crippen LogP) is 3.79. The second-order valence-electron chi connectivity index (χ2n) is 4.73. The van der Waals surface area contributed by atoms with E-state index in [1.54, 1.807) is 11.4 Å². The molecule has 1 aliphatic heterocycles. The number of carbonyl (C=O) groups is 1. The van der Waals surface area contributed by atoms with Crippen LogP contribution in [-0.2, 0) is 14.7 Å². The number of rotatable bonds is 2. The molecule has 2 heterocycles. The van der Waals surface area contributed by atoms with E-state index in [2.05, 4.69) is 5.16 Å². The minimum Gasteiger partial charge on any atom is -0.312 e. The molecule has 1 aliphatic rings. The molecule has 1 aromatic heterocycles. The lowest BCUT2D eigenvalue weighted by atomic mass is 10.1. The molecule has 0 N–H and O–H groups in total. The number of thiophene rings is 1. The Hall–Kier alpha value is -1.41. The maximum absolute atomic E-state index is 12.0. The van der Waals surface area contributed by atoms with Crippen LogP contribution in [-0.4, -0.2) is 25.9 Å². The number of nitrogens with zero attached hydrogens (tertiary/aromatic N) is 1. The average Bonchev–Trinajstić information content (AvgIpc) is 2.97. The van der Waals surface area contributed by atoms with E-state index in [1.165, 1.54) is 18.2 Å². The fraction of sp³-hybridized carbons (Fsp3) is 0.143. The summed E-state index contributed by atoms with van der Waals surface area (Å²) in [5.41, 5.74) is 1.04. The third-order valence-corrected chi connectivity index (χ3v) is 7.05. The summed E-state index contributed by atoms with van der Waals surface area (Å²) in [6.45, 7) is 0. The first kappa shape index (κ1) is 16.4. The van der Waals surface area contributed by atoms with Crippen LogP contribution in [0.1, 0.15) is 22.3 Å². The Kier molecular flexibility index (Phi) is 4.46. The highest BCUT2D eigenvalue weighted by Gasteiger charge is 2.29. The van der Waals surface area contributed by atoms with E-state index in [-0.39, 0.29) is 27.0 Å². The molecule has 0 atom stereocenters. The van der Waals surface area contributed by atoms with Crippen molar-refractivity contribution in [2.75, 3.05) is 5.75 Å². The number of sulfone groups is 1. The molecule has 1 aromatic carbocycles. The van der Waals surface area contributed by atoms with Crippen molar-refractivity contribution < 1.29 is 18.0 Å². The van der Waals surface area contributed by atoms with Gasteiger partial charge in [0.05, 0.1) is 22.1 Å². The van der Waals surface area contributed by atoms with Gasteiger partial charge in [0.1, 0.15) is 4.21 Å². The van der Waals surface area contributed by atoms with E-state index in [1.807, 2.05) is 0 Å². The van der Waals surface area contributed by atoms with E-state index in [0.29, 0.717) is 16.3 Å². The normalized spacial score (nSPS) is 17.7. The van der Waals surface area contributed by atoms with Crippen molar-refractivity contribution in [3.05, 3.63) is 50.8 Å². The van der Waals surface area contributed by atoms with Gasteiger partial charge in [-0.3, -0.25) is 0 Å². The van der Waals surface area contributed by atoms with Crippen LogP contribution in [0.15, 0.2) is 39.0 Å². The minimum absolute atomic E-state index is 0.0569. The summed E-state index contributed by atoms with van der Waals surface area (Å²) in [7, 11) is -3.27. The molecule has 9 heteroatoms. The van der Waals surface area contributed by atoms with Gasteiger partial charge in [-0.05, 0) is 29.6 Å². The molecule has 0 aliphatic carbocycles. The predicted molar refractivity (Wildman–Crippen MR) is 89.4 cm³/mol. The van der Waals surface area contributed by atoms with E-state index in [0.717, 1.165) is 11.3 Å². The Morgan fingerprint density at radius 1 is 1.26 bits per heavy atom. The summed E-state index contributed by atoms with van der Waals surface area (Å²) in [6.07, 6.45) is 0.188. The van der Waals surface area contributed by atoms with Crippen LogP contribution >= 0.6 is 34.5 Å². The number of halogens is 2. The SMILES string of the molecule is O=C(ON=C1CCS(=O)(=O)c2sccc21)c1ccc(Cl)cc1Cl. The first-order valence-electron chi connectivity index (χ1n) is 6.42. The molecule has 0 saturated carbocycles. The zero-order chi connectivity index (χ0) is 16.6. The molecule has 0 bridgehead atoms. The number of hydrogen-bond donors (Lipinski definition) is 0. The van der Waals surface area contributed by atoms with Gasteiger partial charge in [-0.25, -0.2) is 13.2 Å². The van der Waals surface area contributed by atoms with Gasteiger partial charge in [0.15, 0.2) is 9.84 Å². The highest BCUT2D eigenvalue weighted by Crippen LogP contribution is 2.30. The zero-order valence-corrected chi connectivity index (χ0v) is 14.6. The number of carbonyl (C=O) groups excluding carboxylic acids is 1. The van der Waals surface area contributed by atoms with Gasteiger partial charge in [0, 0.05) is 17.0 Å². The fourth-order valence-electron chi connectivity index (χ4n) is 2.10. The summed E-state index contributed by atoms with van der Waals surface area (Å²) in [5, 5.41) is 6.05. The largest absolute Gasteiger partial charge is 0.367 e. The maximum Gasteiger partial charge on any atom is 0.367 e. The Morgan fingerprint density at radius 2 is 2.04 bits per heavy atom. The summed E-state index contributed by atoms with van der Waals surface area (Å²) in [5.74, 6) is -0.789. The van der Waals surface area contributed by atoms with Crippen molar-refractivity contribution >= 4 is 56.1 Å². The highest BCUT2D eigenvalue weighted by atomic mass is 35.5. The van der Waals surface area contributed by atoms with Crippen molar-refractivity contribution in [1.82, 2.24) is 0 Å². The molecule has 0 saturated heterocycles. The van der Waals surface area contributed by atoms with Crippen LogP contribution < -0.4 is 0 Å². The second-order valence-corrected chi connectivity index (χ2v) is 8.80. The Bertz CT molecular complexity index is 919. The standard InChI is InChI=1S/C14H9Cl2NO4S2/c15-8-1-2-9(11(16)7-8)13(18)21-17-12-4-6-23(19,20)14-10(12)3-5-22-14/h1-3,5,7H,4,6H2. The van der Waals surface area contributed by atoms with Crippen molar-refractivity contribution in [2.45, 2.75) is 10.6 Å². The van der Waals surface area contributed by atoms with Crippen molar-refractivity contribution in [3.63, 3.8) is 0 Å². The third-order valence-electron chi connectivity index (χ3n) is 3.22. The van der Waals surface area contributed by atoms with E-state index < -0.39 is 15.8 Å². The lowest BCUT2D eigenvalue weighted by Crippen LogP contribution is -2.20. The van der Waals surface area contributed by atoms with Crippen molar-refractivity contribution in [2.24, 2.45) is 5.16 Å². The first-order chi connectivity index (χ1) is 10.9. The average molecular weight is 390 g/mol. The lowest BCUT2D eigenvalue weighted by molar-refractivity contribution is 0.0516. The van der Waals surface area contributed by atoms with Gasteiger partial charge >= 0.3 is 5.97 Å². The molecular formula is C14H9Cl2NO4S2. The van der Waals surface area contributed by atoms with Crippen LogP contribution in [0, 0.1) is 0 Å².